The van der Waals surface area contributed by atoms with Crippen LogP contribution in [0.1, 0.15) is 28.7 Å². The summed E-state index contributed by atoms with van der Waals surface area (Å²) in [4.78, 5) is 17.3. The predicted molar refractivity (Wildman–Crippen MR) is 169 cm³/mol. The van der Waals surface area contributed by atoms with Crippen LogP contribution < -0.4 is 0 Å². The second kappa shape index (κ2) is 12.4. The Labute approximate surface area is 254 Å². The van der Waals surface area contributed by atoms with E-state index < -0.39 is 9.84 Å². The van der Waals surface area contributed by atoms with Crippen molar-refractivity contribution in [2.24, 2.45) is 0 Å². The van der Waals surface area contributed by atoms with Gasteiger partial charge in [-0.25, -0.2) is 18.2 Å². The molecule has 0 atom stereocenters. The van der Waals surface area contributed by atoms with E-state index in [1.807, 2.05) is 71.4 Å². The molecule has 4 aromatic carbocycles. The lowest BCUT2D eigenvalue weighted by Crippen LogP contribution is -2.05. The fourth-order valence-corrected chi connectivity index (χ4v) is 5.55. The summed E-state index contributed by atoms with van der Waals surface area (Å²) in [5.41, 5.74) is 5.30. The fraction of sp³-hybridized carbons (Fsp3) is 0.0909. The first-order valence-corrected chi connectivity index (χ1v) is 15.7. The predicted octanol–water partition coefficient (Wildman–Crippen LogP) is 8.26. The summed E-state index contributed by atoms with van der Waals surface area (Å²) in [7, 11) is -3.30. The van der Waals surface area contributed by atoms with Gasteiger partial charge in [0.05, 0.1) is 27.8 Å². The molecule has 0 radical (unpaired) electrons. The number of carbonyl (C=O) groups excluding carboxylic acids is 1. The van der Waals surface area contributed by atoms with Gasteiger partial charge in [-0.3, -0.25) is 4.57 Å². The summed E-state index contributed by atoms with van der Waals surface area (Å²) >= 11 is 12.6. The van der Waals surface area contributed by atoms with E-state index in [0.717, 1.165) is 27.9 Å². The molecule has 6 nitrogen and oxygen atoms in total. The lowest BCUT2D eigenvalue weighted by molar-refractivity contribution is 0.0526. The third-order valence-corrected chi connectivity index (χ3v) is 8.19. The number of esters is 1. The van der Waals surface area contributed by atoms with Crippen molar-refractivity contribution in [3.8, 4) is 28.1 Å². The maximum atomic E-state index is 12.1. The Morgan fingerprint density at radius 3 is 2.31 bits per heavy atom. The summed E-state index contributed by atoms with van der Waals surface area (Å²) in [6.07, 6.45) is 6.92. The first-order valence-electron chi connectivity index (χ1n) is 13.0. The molecule has 212 valence electrons. The molecule has 9 heteroatoms. The zero-order valence-electron chi connectivity index (χ0n) is 22.8. The number of aromatic nitrogens is 2. The van der Waals surface area contributed by atoms with Crippen molar-refractivity contribution < 1.29 is 17.9 Å². The molecule has 0 bridgehead atoms. The van der Waals surface area contributed by atoms with Crippen LogP contribution in [-0.2, 0) is 14.6 Å². The van der Waals surface area contributed by atoms with E-state index in [1.54, 1.807) is 49.4 Å². The fourth-order valence-electron chi connectivity index (χ4n) is 4.38. The molecular weight excluding hydrogens is 591 g/mol. The van der Waals surface area contributed by atoms with Crippen molar-refractivity contribution in [2.75, 3.05) is 12.9 Å². The number of benzene rings is 4. The van der Waals surface area contributed by atoms with Gasteiger partial charge >= 0.3 is 5.97 Å². The molecule has 0 aliphatic rings. The zero-order valence-corrected chi connectivity index (χ0v) is 25.1. The van der Waals surface area contributed by atoms with Crippen LogP contribution in [0.2, 0.25) is 10.0 Å². The molecule has 5 rings (SSSR count). The van der Waals surface area contributed by atoms with Crippen molar-refractivity contribution in [1.29, 1.82) is 0 Å². The molecule has 0 spiro atoms. The molecule has 42 heavy (non-hydrogen) atoms. The number of carbonyl (C=O) groups is 1. The minimum Gasteiger partial charge on any atom is -0.462 e. The monoisotopic (exact) mass is 616 g/mol. The van der Waals surface area contributed by atoms with E-state index in [4.69, 9.17) is 32.9 Å². The maximum Gasteiger partial charge on any atom is 0.338 e. The van der Waals surface area contributed by atoms with Gasteiger partial charge in [-0.1, -0.05) is 65.7 Å². The van der Waals surface area contributed by atoms with Gasteiger partial charge in [0.25, 0.3) is 0 Å². The van der Waals surface area contributed by atoms with E-state index >= 15 is 0 Å². The maximum absolute atomic E-state index is 12.1. The van der Waals surface area contributed by atoms with Crippen LogP contribution in [0, 0.1) is 0 Å². The van der Waals surface area contributed by atoms with E-state index in [-0.39, 0.29) is 10.9 Å². The molecular formula is C33H26Cl2N2O4S. The summed E-state index contributed by atoms with van der Waals surface area (Å²) in [5.74, 6) is 0.264. The lowest BCUT2D eigenvalue weighted by Gasteiger charge is -2.07. The normalized spacial score (nSPS) is 11.6. The van der Waals surface area contributed by atoms with Crippen LogP contribution in [0.4, 0.5) is 0 Å². The minimum atomic E-state index is -3.30. The number of ether oxygens (including phenoxy) is 1. The molecule has 0 unspecified atom stereocenters. The second-order valence-electron chi connectivity index (χ2n) is 9.50. The average molecular weight is 618 g/mol. The van der Waals surface area contributed by atoms with Crippen LogP contribution in [0.5, 0.6) is 0 Å². The smallest absolute Gasteiger partial charge is 0.338 e. The molecule has 0 N–H and O–H groups in total. The SMILES string of the molecule is CCOC(=O)c1ccc(-n2cc(-c3ccc(Cl)cc3Cl)nc2/C=C/c2ccc(-c3cccc(S(C)(=O)=O)c3)cc2)cc1. The van der Waals surface area contributed by atoms with Crippen molar-refractivity contribution in [1.82, 2.24) is 9.55 Å². The van der Waals surface area contributed by atoms with E-state index in [0.29, 0.717) is 33.7 Å². The highest BCUT2D eigenvalue weighted by molar-refractivity contribution is 7.90. The zero-order chi connectivity index (χ0) is 29.9. The molecule has 1 heterocycles. The summed E-state index contributed by atoms with van der Waals surface area (Å²) in [6, 6.07) is 27.0. The van der Waals surface area contributed by atoms with Crippen LogP contribution >= 0.6 is 23.2 Å². The first kappa shape index (κ1) is 29.3. The molecule has 0 saturated carbocycles. The number of rotatable bonds is 8. The van der Waals surface area contributed by atoms with Gasteiger partial charge in [-0.15, -0.1) is 0 Å². The van der Waals surface area contributed by atoms with Gasteiger partial charge in [-0.05, 0) is 84.3 Å². The quantitative estimate of drug-likeness (QED) is 0.164. The van der Waals surface area contributed by atoms with Gasteiger partial charge in [-0.2, -0.15) is 0 Å². The first-order chi connectivity index (χ1) is 20.1. The number of imidazole rings is 1. The molecule has 1 aromatic heterocycles. The van der Waals surface area contributed by atoms with Gasteiger partial charge in [0.15, 0.2) is 9.84 Å². The van der Waals surface area contributed by atoms with Crippen molar-refractivity contribution in [3.63, 3.8) is 0 Å². The van der Waals surface area contributed by atoms with Crippen LogP contribution in [0.15, 0.2) is 102 Å². The molecule has 0 aliphatic heterocycles. The van der Waals surface area contributed by atoms with E-state index in [1.165, 1.54) is 6.26 Å². The van der Waals surface area contributed by atoms with Crippen molar-refractivity contribution in [3.05, 3.63) is 124 Å². The third-order valence-electron chi connectivity index (χ3n) is 6.53. The van der Waals surface area contributed by atoms with Gasteiger partial charge < -0.3 is 4.74 Å². The molecule has 0 amide bonds. The largest absolute Gasteiger partial charge is 0.462 e. The van der Waals surface area contributed by atoms with Gasteiger partial charge in [0, 0.05) is 28.7 Å². The highest BCUT2D eigenvalue weighted by Gasteiger charge is 2.14. The highest BCUT2D eigenvalue weighted by atomic mass is 35.5. The van der Waals surface area contributed by atoms with Crippen molar-refractivity contribution in [2.45, 2.75) is 11.8 Å². The van der Waals surface area contributed by atoms with Crippen LogP contribution in [0.25, 0.3) is 40.2 Å². The molecule has 0 fully saturated rings. The van der Waals surface area contributed by atoms with Gasteiger partial charge in [0.1, 0.15) is 5.82 Å². The van der Waals surface area contributed by atoms with Crippen LogP contribution in [-0.4, -0.2) is 36.8 Å². The third kappa shape index (κ3) is 6.65. The number of hydrogen-bond acceptors (Lipinski definition) is 5. The van der Waals surface area contributed by atoms with E-state index in [2.05, 4.69) is 0 Å². The lowest BCUT2D eigenvalue weighted by atomic mass is 10.0. The Bertz CT molecular complexity index is 1900. The number of nitrogens with zero attached hydrogens (tertiary/aromatic N) is 2. The minimum absolute atomic E-state index is 0.280. The van der Waals surface area contributed by atoms with Crippen molar-refractivity contribution >= 4 is 51.2 Å². The number of halogens is 2. The Hall–Kier alpha value is -4.17. The van der Waals surface area contributed by atoms with Gasteiger partial charge in [0.2, 0.25) is 0 Å². The van der Waals surface area contributed by atoms with E-state index in [9.17, 15) is 13.2 Å². The Morgan fingerprint density at radius 2 is 1.64 bits per heavy atom. The second-order valence-corrected chi connectivity index (χ2v) is 12.4. The Balaban J connectivity index is 1.48. The molecule has 0 aliphatic carbocycles. The molecule has 0 saturated heterocycles. The molecule has 5 aromatic rings. The number of sulfone groups is 1. The summed E-state index contributed by atoms with van der Waals surface area (Å²) < 4.78 is 31.0. The summed E-state index contributed by atoms with van der Waals surface area (Å²) in [5, 5.41) is 1.01. The van der Waals surface area contributed by atoms with Crippen LogP contribution in [0.3, 0.4) is 0 Å². The Kier molecular flexibility index (Phi) is 8.64. The highest BCUT2D eigenvalue weighted by Crippen LogP contribution is 2.31. The standard InChI is InChI=1S/C33H26Cl2N2O4S/c1-3-41-33(38)24-12-15-27(16-13-24)37-21-31(29-17-14-26(34)20-30(29)35)36-32(37)18-9-22-7-10-23(11-8-22)25-5-4-6-28(19-25)42(2,39)40/h4-21H,3H2,1-2H3/b18-9+. The Morgan fingerprint density at radius 1 is 0.905 bits per heavy atom. The number of hydrogen-bond donors (Lipinski definition) is 0. The topological polar surface area (TPSA) is 78.3 Å². The average Bonchev–Trinajstić information content (AvgIpc) is 3.40. The summed E-state index contributed by atoms with van der Waals surface area (Å²) in [6.45, 7) is 2.07.